The van der Waals surface area contributed by atoms with Crippen LogP contribution < -0.4 is 21.5 Å². The molecule has 2 atom stereocenters. The van der Waals surface area contributed by atoms with Crippen LogP contribution in [0.2, 0.25) is 0 Å². The molecule has 1 aliphatic heterocycles. The molecule has 1 heterocycles. The number of hydrogen-bond donors (Lipinski definition) is 4. The van der Waals surface area contributed by atoms with E-state index in [1.165, 1.54) is 11.8 Å². The van der Waals surface area contributed by atoms with Crippen molar-refractivity contribution in [3.8, 4) is 0 Å². The third-order valence-corrected chi connectivity index (χ3v) is 4.68. The quantitative estimate of drug-likeness (QED) is 0.456. The number of methoxy groups -OCH3 is 1. The largest absolute Gasteiger partial charge is 0.383 e. The van der Waals surface area contributed by atoms with Crippen molar-refractivity contribution in [2.75, 3.05) is 19.0 Å². The van der Waals surface area contributed by atoms with Crippen molar-refractivity contribution in [2.24, 2.45) is 0 Å². The molecule has 2 amide bonds. The average Bonchev–Trinajstić information content (AvgIpc) is 2.54. The number of carbonyl (C=O) groups excluding carboxylic acids is 2. The van der Waals surface area contributed by atoms with Crippen molar-refractivity contribution in [1.29, 1.82) is 0 Å². The summed E-state index contributed by atoms with van der Waals surface area (Å²) in [4.78, 5) is 25.0. The number of hydrazine groups is 1. The number of anilines is 1. The molecule has 0 unspecified atom stereocenters. The third kappa shape index (κ3) is 5.36. The molecule has 7 nitrogen and oxygen atoms in total. The fourth-order valence-electron chi connectivity index (χ4n) is 2.12. The van der Waals surface area contributed by atoms with E-state index >= 15 is 0 Å². The zero-order valence-electron chi connectivity index (χ0n) is 13.4. The zero-order valence-corrected chi connectivity index (χ0v) is 15.1. The molecule has 0 radical (unpaired) electrons. The molecule has 0 saturated heterocycles. The number of amides is 2. The number of para-hydroxylation sites is 1. The highest BCUT2D eigenvalue weighted by atomic mass is 32.2. The maximum atomic E-state index is 12.1. The number of carbonyl (C=O) groups is 2. The molecule has 0 saturated carbocycles. The Labute approximate surface area is 150 Å². The van der Waals surface area contributed by atoms with Gasteiger partial charge >= 0.3 is 0 Å². The Morgan fingerprint density at radius 3 is 2.92 bits per heavy atom. The van der Waals surface area contributed by atoms with Gasteiger partial charge in [0.2, 0.25) is 11.8 Å². The van der Waals surface area contributed by atoms with E-state index in [1.54, 1.807) is 7.11 Å². The van der Waals surface area contributed by atoms with E-state index in [0.29, 0.717) is 11.7 Å². The van der Waals surface area contributed by atoms with Gasteiger partial charge in [0.15, 0.2) is 5.11 Å². The van der Waals surface area contributed by atoms with Crippen LogP contribution >= 0.6 is 24.0 Å². The van der Waals surface area contributed by atoms with Gasteiger partial charge in [-0.15, -0.1) is 11.8 Å². The first-order chi connectivity index (χ1) is 11.5. The Hall–Kier alpha value is -1.84. The molecular weight excluding hydrogens is 348 g/mol. The van der Waals surface area contributed by atoms with Crippen molar-refractivity contribution < 1.29 is 14.3 Å². The van der Waals surface area contributed by atoms with E-state index in [0.717, 1.165) is 10.6 Å². The Morgan fingerprint density at radius 1 is 1.42 bits per heavy atom. The number of ether oxygens (including phenoxy) is 1. The highest BCUT2D eigenvalue weighted by molar-refractivity contribution is 8.01. The molecule has 0 aromatic heterocycles. The number of fused-ring (bicyclic) bond motifs is 1. The van der Waals surface area contributed by atoms with Crippen LogP contribution in [0.1, 0.15) is 13.3 Å². The molecule has 9 heteroatoms. The summed E-state index contributed by atoms with van der Waals surface area (Å²) in [5, 5.41) is 5.58. The molecule has 2 rings (SSSR count). The van der Waals surface area contributed by atoms with E-state index < -0.39 is 5.25 Å². The molecule has 24 heavy (non-hydrogen) atoms. The SMILES string of the molecule is COC[C@H](C)NC(=S)NNC(=O)C[C@@H]1Sc2ccccc2NC1=O. The predicted octanol–water partition coefficient (Wildman–Crippen LogP) is 1.02. The van der Waals surface area contributed by atoms with E-state index in [2.05, 4.69) is 21.5 Å². The average molecular weight is 368 g/mol. The first-order valence-electron chi connectivity index (χ1n) is 7.40. The Morgan fingerprint density at radius 2 is 2.17 bits per heavy atom. The first-order valence-corrected chi connectivity index (χ1v) is 8.69. The molecule has 1 aromatic rings. The van der Waals surface area contributed by atoms with Crippen molar-refractivity contribution in [3.63, 3.8) is 0 Å². The second kappa shape index (κ2) is 8.86. The minimum Gasteiger partial charge on any atom is -0.383 e. The van der Waals surface area contributed by atoms with Gasteiger partial charge in [0.25, 0.3) is 0 Å². The summed E-state index contributed by atoms with van der Waals surface area (Å²) in [6, 6.07) is 7.52. The van der Waals surface area contributed by atoms with Crippen molar-refractivity contribution >= 4 is 46.6 Å². The van der Waals surface area contributed by atoms with Crippen LogP contribution in [-0.2, 0) is 14.3 Å². The molecule has 0 bridgehead atoms. The number of rotatable bonds is 5. The van der Waals surface area contributed by atoms with Gasteiger partial charge in [-0.3, -0.25) is 20.4 Å². The molecule has 4 N–H and O–H groups in total. The standard InChI is InChI=1S/C15H20N4O3S2/c1-9(8-22-2)16-15(23)19-18-13(20)7-12-14(21)17-10-5-3-4-6-11(10)24-12/h3-6,9,12H,7-8H2,1-2H3,(H,17,21)(H,18,20)(H2,16,19,23)/t9-,12-/m0/s1. The van der Waals surface area contributed by atoms with Crippen LogP contribution in [-0.4, -0.2) is 41.9 Å². The number of benzene rings is 1. The van der Waals surface area contributed by atoms with E-state index in [1.807, 2.05) is 31.2 Å². The lowest BCUT2D eigenvalue weighted by molar-refractivity contribution is -0.124. The molecular formula is C15H20N4O3S2. The summed E-state index contributed by atoms with van der Waals surface area (Å²) in [7, 11) is 1.60. The Bertz CT molecular complexity index is 626. The number of thiocarbonyl (C=S) groups is 1. The third-order valence-electron chi connectivity index (χ3n) is 3.19. The van der Waals surface area contributed by atoms with Gasteiger partial charge < -0.3 is 15.4 Å². The van der Waals surface area contributed by atoms with Gasteiger partial charge in [0, 0.05) is 24.5 Å². The fraction of sp³-hybridized carbons (Fsp3) is 0.400. The first kappa shape index (κ1) is 18.5. The fourth-order valence-corrected chi connectivity index (χ4v) is 3.49. The monoisotopic (exact) mass is 368 g/mol. The summed E-state index contributed by atoms with van der Waals surface area (Å²) in [6.07, 6.45) is 0.0497. The van der Waals surface area contributed by atoms with Crippen LogP contribution in [0.5, 0.6) is 0 Å². The number of thioether (sulfide) groups is 1. The van der Waals surface area contributed by atoms with Gasteiger partial charge in [-0.1, -0.05) is 12.1 Å². The van der Waals surface area contributed by atoms with Crippen LogP contribution in [0.15, 0.2) is 29.2 Å². The zero-order chi connectivity index (χ0) is 17.5. The molecule has 0 spiro atoms. The maximum absolute atomic E-state index is 12.1. The summed E-state index contributed by atoms with van der Waals surface area (Å²) < 4.78 is 4.99. The van der Waals surface area contributed by atoms with Gasteiger partial charge in [-0.05, 0) is 31.3 Å². The van der Waals surface area contributed by atoms with Gasteiger partial charge in [0.05, 0.1) is 17.5 Å². The van der Waals surface area contributed by atoms with Crippen LogP contribution in [0.4, 0.5) is 5.69 Å². The van der Waals surface area contributed by atoms with Crippen molar-refractivity contribution in [3.05, 3.63) is 24.3 Å². The van der Waals surface area contributed by atoms with E-state index in [4.69, 9.17) is 17.0 Å². The minimum atomic E-state index is -0.476. The molecule has 0 fully saturated rings. The molecule has 1 aromatic carbocycles. The van der Waals surface area contributed by atoms with Gasteiger partial charge in [-0.2, -0.15) is 0 Å². The highest BCUT2D eigenvalue weighted by Crippen LogP contribution is 2.36. The normalized spacial score (nSPS) is 17.2. The lowest BCUT2D eigenvalue weighted by atomic mass is 10.2. The second-order valence-corrected chi connectivity index (χ2v) is 6.95. The minimum absolute atomic E-state index is 0.0167. The van der Waals surface area contributed by atoms with Crippen molar-refractivity contribution in [1.82, 2.24) is 16.2 Å². The van der Waals surface area contributed by atoms with Crippen LogP contribution in [0.25, 0.3) is 0 Å². The topological polar surface area (TPSA) is 91.5 Å². The Kier molecular flexibility index (Phi) is 6.83. The van der Waals surface area contributed by atoms with E-state index in [-0.39, 0.29) is 24.3 Å². The number of hydrogen-bond acceptors (Lipinski definition) is 5. The molecule has 0 aliphatic carbocycles. The van der Waals surface area contributed by atoms with Crippen molar-refractivity contribution in [2.45, 2.75) is 29.5 Å². The highest BCUT2D eigenvalue weighted by Gasteiger charge is 2.28. The lowest BCUT2D eigenvalue weighted by Crippen LogP contribution is -2.50. The van der Waals surface area contributed by atoms with E-state index in [9.17, 15) is 9.59 Å². The van der Waals surface area contributed by atoms with Gasteiger partial charge in [0.1, 0.15) is 0 Å². The number of nitrogens with one attached hydrogen (secondary N) is 4. The van der Waals surface area contributed by atoms with Crippen LogP contribution in [0, 0.1) is 0 Å². The van der Waals surface area contributed by atoms with Gasteiger partial charge in [-0.25, -0.2) is 0 Å². The summed E-state index contributed by atoms with van der Waals surface area (Å²) in [5.74, 6) is -0.492. The summed E-state index contributed by atoms with van der Waals surface area (Å²) in [6.45, 7) is 2.40. The van der Waals surface area contributed by atoms with Crippen LogP contribution in [0.3, 0.4) is 0 Å². The lowest BCUT2D eigenvalue weighted by Gasteiger charge is -2.23. The second-order valence-electron chi connectivity index (χ2n) is 5.30. The maximum Gasteiger partial charge on any atom is 0.240 e. The smallest absolute Gasteiger partial charge is 0.240 e. The predicted molar refractivity (Wildman–Crippen MR) is 97.7 cm³/mol. The Balaban J connectivity index is 1.78. The summed E-state index contributed by atoms with van der Waals surface area (Å²) >= 11 is 6.44. The molecule has 1 aliphatic rings. The molecule has 130 valence electrons. The summed E-state index contributed by atoms with van der Waals surface area (Å²) in [5.41, 5.74) is 5.89.